The molecule has 0 N–H and O–H groups in total. The lowest BCUT2D eigenvalue weighted by molar-refractivity contribution is 1.05. The zero-order valence-corrected chi connectivity index (χ0v) is 11.5. The highest BCUT2D eigenvalue weighted by Gasteiger charge is 2.04. The molecule has 0 radical (unpaired) electrons. The quantitative estimate of drug-likeness (QED) is 0.456. The smallest absolute Gasteiger partial charge is 0.0991 e. The van der Waals surface area contributed by atoms with E-state index in [1.807, 2.05) is 30.3 Å². The van der Waals surface area contributed by atoms with Gasteiger partial charge in [-0.3, -0.25) is 0 Å². The molecule has 2 aromatic carbocycles. The Morgan fingerprint density at radius 1 is 1.21 bits per heavy atom. The molecule has 2 aromatic rings. The van der Waals surface area contributed by atoms with Gasteiger partial charge < -0.3 is 0 Å². The van der Waals surface area contributed by atoms with Crippen molar-refractivity contribution in [1.82, 2.24) is 0 Å². The van der Waals surface area contributed by atoms with Crippen molar-refractivity contribution in [2.75, 3.05) is 0 Å². The van der Waals surface area contributed by atoms with Crippen LogP contribution in [-0.4, -0.2) is 0 Å². The highest BCUT2D eigenvalue weighted by molar-refractivity contribution is 9.10. The number of hydrogen-bond acceptors (Lipinski definition) is 2. The maximum Gasteiger partial charge on any atom is 0.0991 e. The van der Waals surface area contributed by atoms with Crippen molar-refractivity contribution in [3.8, 4) is 17.2 Å². The summed E-state index contributed by atoms with van der Waals surface area (Å²) in [5.74, 6) is 0. The van der Waals surface area contributed by atoms with Gasteiger partial charge in [0.05, 0.1) is 18.2 Å². The van der Waals surface area contributed by atoms with E-state index < -0.39 is 0 Å². The highest BCUT2D eigenvalue weighted by atomic mass is 79.9. The molecule has 0 spiro atoms. The fourth-order valence-electron chi connectivity index (χ4n) is 1.73. The Labute approximate surface area is 119 Å². The summed E-state index contributed by atoms with van der Waals surface area (Å²) < 4.78 is 0.933. The molecular formula is C14H9BrN4. The zero-order valence-electron chi connectivity index (χ0n) is 9.92. The van der Waals surface area contributed by atoms with E-state index in [2.05, 4.69) is 32.0 Å². The van der Waals surface area contributed by atoms with Gasteiger partial charge in [-0.1, -0.05) is 45.3 Å². The first-order chi connectivity index (χ1) is 9.24. The molecule has 19 heavy (non-hydrogen) atoms. The zero-order chi connectivity index (χ0) is 13.7. The highest BCUT2D eigenvalue weighted by Crippen LogP contribution is 2.29. The van der Waals surface area contributed by atoms with Crippen LogP contribution in [-0.2, 0) is 6.54 Å². The second kappa shape index (κ2) is 6.05. The molecule has 0 aromatic heterocycles. The lowest BCUT2D eigenvalue weighted by Gasteiger charge is -2.06. The molecule has 0 amide bonds. The minimum atomic E-state index is 0.336. The van der Waals surface area contributed by atoms with Gasteiger partial charge in [0, 0.05) is 9.38 Å². The molecule has 92 valence electrons. The Morgan fingerprint density at radius 3 is 2.53 bits per heavy atom. The molecule has 5 heteroatoms. The first kappa shape index (κ1) is 13.2. The summed E-state index contributed by atoms with van der Waals surface area (Å²) in [6.07, 6.45) is 0. The topological polar surface area (TPSA) is 72.5 Å². The number of rotatable bonds is 3. The van der Waals surface area contributed by atoms with Crippen molar-refractivity contribution >= 4 is 15.9 Å². The number of azide groups is 1. The molecule has 0 fully saturated rings. The van der Waals surface area contributed by atoms with Gasteiger partial charge in [0.1, 0.15) is 0 Å². The van der Waals surface area contributed by atoms with Crippen LogP contribution in [0.2, 0.25) is 0 Å². The van der Waals surface area contributed by atoms with Crippen LogP contribution in [0.5, 0.6) is 0 Å². The van der Waals surface area contributed by atoms with Crippen molar-refractivity contribution in [1.29, 1.82) is 5.26 Å². The van der Waals surface area contributed by atoms with E-state index in [-0.39, 0.29) is 0 Å². The lowest BCUT2D eigenvalue weighted by Crippen LogP contribution is -1.85. The van der Waals surface area contributed by atoms with Gasteiger partial charge >= 0.3 is 0 Å². The van der Waals surface area contributed by atoms with E-state index in [1.165, 1.54) is 0 Å². The van der Waals surface area contributed by atoms with Gasteiger partial charge in [-0.25, -0.2) is 0 Å². The van der Waals surface area contributed by atoms with Crippen LogP contribution < -0.4 is 0 Å². The van der Waals surface area contributed by atoms with E-state index in [0.29, 0.717) is 12.1 Å². The molecule has 0 aliphatic carbocycles. The molecule has 0 saturated heterocycles. The summed E-state index contributed by atoms with van der Waals surface area (Å²) in [5.41, 5.74) is 11.9. The summed E-state index contributed by atoms with van der Waals surface area (Å²) in [6, 6.07) is 15.3. The summed E-state index contributed by atoms with van der Waals surface area (Å²) in [6.45, 7) is 0.336. The predicted molar refractivity (Wildman–Crippen MR) is 77.1 cm³/mol. The number of nitrogens with zero attached hydrogens (tertiary/aromatic N) is 4. The molecule has 0 atom stereocenters. The van der Waals surface area contributed by atoms with Gasteiger partial charge in [-0.2, -0.15) is 5.26 Å². The average molecular weight is 313 g/mol. The Hall–Kier alpha value is -2.28. The maximum atomic E-state index is 8.77. The standard InChI is InChI=1S/C14H9BrN4/c15-14-7-11(9-18-19-17)3-6-13(14)12-4-1-10(8-16)2-5-12/h1-7H,9H2. The van der Waals surface area contributed by atoms with Gasteiger partial charge in [-0.05, 0) is 40.4 Å². The van der Waals surface area contributed by atoms with E-state index >= 15 is 0 Å². The van der Waals surface area contributed by atoms with Crippen LogP contribution in [0.4, 0.5) is 0 Å². The van der Waals surface area contributed by atoms with Gasteiger partial charge in [0.2, 0.25) is 0 Å². The SMILES string of the molecule is N#Cc1ccc(-c2ccc(CN=[N+]=[N-])cc2Br)cc1. The van der Waals surface area contributed by atoms with Crippen LogP contribution >= 0.6 is 15.9 Å². The normalized spacial score (nSPS) is 9.47. The first-order valence-corrected chi connectivity index (χ1v) is 6.33. The molecule has 2 rings (SSSR count). The number of nitriles is 1. The number of halogens is 1. The Kier molecular flexibility index (Phi) is 4.19. The van der Waals surface area contributed by atoms with E-state index in [1.54, 1.807) is 12.1 Å². The summed E-state index contributed by atoms with van der Waals surface area (Å²) >= 11 is 3.51. The molecule has 4 nitrogen and oxygen atoms in total. The third kappa shape index (κ3) is 3.14. The van der Waals surface area contributed by atoms with Crippen molar-refractivity contribution in [3.63, 3.8) is 0 Å². The van der Waals surface area contributed by atoms with E-state index in [9.17, 15) is 0 Å². The van der Waals surface area contributed by atoms with Crippen LogP contribution in [0.25, 0.3) is 21.6 Å². The molecule has 0 bridgehead atoms. The number of hydrogen-bond donors (Lipinski definition) is 0. The van der Waals surface area contributed by atoms with Crippen molar-refractivity contribution < 1.29 is 0 Å². The average Bonchev–Trinajstić information content (AvgIpc) is 2.45. The summed E-state index contributed by atoms with van der Waals surface area (Å²) in [4.78, 5) is 2.74. The molecule has 0 unspecified atom stereocenters. The molecule has 0 saturated carbocycles. The van der Waals surface area contributed by atoms with Gasteiger partial charge in [-0.15, -0.1) is 0 Å². The van der Waals surface area contributed by atoms with Crippen molar-refractivity contribution in [2.24, 2.45) is 5.11 Å². The Bertz CT molecular complexity index is 680. The Balaban J connectivity index is 2.34. The van der Waals surface area contributed by atoms with E-state index in [4.69, 9.17) is 10.8 Å². The minimum Gasteiger partial charge on any atom is -0.192 e. The van der Waals surface area contributed by atoms with Crippen molar-refractivity contribution in [3.05, 3.63) is 68.5 Å². The Morgan fingerprint density at radius 2 is 1.95 bits per heavy atom. The largest absolute Gasteiger partial charge is 0.192 e. The lowest BCUT2D eigenvalue weighted by atomic mass is 10.0. The van der Waals surface area contributed by atoms with Crippen molar-refractivity contribution in [2.45, 2.75) is 6.54 Å². The number of benzene rings is 2. The first-order valence-electron chi connectivity index (χ1n) is 5.54. The fraction of sp³-hybridized carbons (Fsp3) is 0.0714. The van der Waals surface area contributed by atoms with Crippen LogP contribution in [0.15, 0.2) is 52.1 Å². The van der Waals surface area contributed by atoms with Crippen LogP contribution in [0.1, 0.15) is 11.1 Å². The monoisotopic (exact) mass is 312 g/mol. The third-order valence-corrected chi connectivity index (χ3v) is 3.33. The van der Waals surface area contributed by atoms with Crippen LogP contribution in [0, 0.1) is 11.3 Å². The summed E-state index contributed by atoms with van der Waals surface area (Å²) in [5, 5.41) is 12.3. The summed E-state index contributed by atoms with van der Waals surface area (Å²) in [7, 11) is 0. The second-order valence-electron chi connectivity index (χ2n) is 3.89. The predicted octanol–water partition coefficient (Wildman–Crippen LogP) is 4.80. The molecule has 0 aliphatic rings. The van der Waals surface area contributed by atoms with Crippen LogP contribution in [0.3, 0.4) is 0 Å². The molecular weight excluding hydrogens is 304 g/mol. The second-order valence-corrected chi connectivity index (χ2v) is 4.75. The molecule has 0 heterocycles. The minimum absolute atomic E-state index is 0.336. The maximum absolute atomic E-state index is 8.77. The fourth-order valence-corrected chi connectivity index (χ4v) is 2.38. The van der Waals surface area contributed by atoms with Gasteiger partial charge in [0.25, 0.3) is 0 Å². The third-order valence-electron chi connectivity index (χ3n) is 2.68. The van der Waals surface area contributed by atoms with Gasteiger partial charge in [0.15, 0.2) is 0 Å². The van der Waals surface area contributed by atoms with E-state index in [0.717, 1.165) is 21.2 Å². The molecule has 0 aliphatic heterocycles.